The van der Waals surface area contributed by atoms with Gasteiger partial charge in [-0.15, -0.1) is 11.8 Å². The summed E-state index contributed by atoms with van der Waals surface area (Å²) < 4.78 is 18.6. The van der Waals surface area contributed by atoms with Crippen molar-refractivity contribution in [1.29, 1.82) is 0 Å². The number of benzene rings is 4. The molecule has 0 saturated heterocycles. The predicted octanol–water partition coefficient (Wildman–Crippen LogP) is 6.22. The highest BCUT2D eigenvalue weighted by molar-refractivity contribution is 8.00. The van der Waals surface area contributed by atoms with Crippen molar-refractivity contribution in [3.63, 3.8) is 0 Å². The molecule has 0 aliphatic heterocycles. The number of hydrogen-bond acceptors (Lipinski definition) is 5. The predicted molar refractivity (Wildman–Crippen MR) is 151 cm³/mol. The smallest absolute Gasteiger partial charge is 0.272 e. The number of ether oxygens (including phenoxy) is 1. The number of anilines is 1. The Morgan fingerprint density at radius 3 is 2.21 bits per heavy atom. The summed E-state index contributed by atoms with van der Waals surface area (Å²) in [5.41, 5.74) is 1.95. The molecule has 0 bridgehead atoms. The van der Waals surface area contributed by atoms with E-state index >= 15 is 0 Å². The van der Waals surface area contributed by atoms with Crippen LogP contribution in [0, 0.1) is 5.82 Å². The van der Waals surface area contributed by atoms with Crippen LogP contribution < -0.4 is 15.4 Å². The number of para-hydroxylation sites is 1. The molecule has 0 saturated carbocycles. The lowest BCUT2D eigenvalue weighted by atomic mass is 10.1. The van der Waals surface area contributed by atoms with Crippen LogP contribution in [-0.2, 0) is 4.79 Å². The van der Waals surface area contributed by atoms with Gasteiger partial charge in [0, 0.05) is 16.1 Å². The van der Waals surface area contributed by atoms with Crippen LogP contribution in [0.3, 0.4) is 0 Å². The highest BCUT2D eigenvalue weighted by Crippen LogP contribution is 2.24. The summed E-state index contributed by atoms with van der Waals surface area (Å²) >= 11 is 1.37. The van der Waals surface area contributed by atoms with Crippen molar-refractivity contribution < 1.29 is 23.5 Å². The number of thioether (sulfide) groups is 1. The maximum absolute atomic E-state index is 13.4. The Labute approximate surface area is 229 Å². The van der Waals surface area contributed by atoms with E-state index < -0.39 is 17.6 Å². The summed E-state index contributed by atoms with van der Waals surface area (Å²) in [4.78, 5) is 39.3. The molecule has 0 aliphatic rings. The standard InChI is InChI=1S/C31H25FN2O4S/c1-38-29-10-6-5-9-26(29)28(35)20-39-25-17-15-24(16-18-25)33-31(37)27(19-21-11-13-23(32)14-12-21)34-30(36)22-7-3-2-4-8-22/h2-19H,20H2,1H3,(H,33,37)(H,34,36)/b27-19-. The van der Waals surface area contributed by atoms with Gasteiger partial charge in [-0.25, -0.2) is 4.39 Å². The molecule has 4 aromatic rings. The number of rotatable bonds is 10. The molecule has 6 nitrogen and oxygen atoms in total. The minimum atomic E-state index is -0.546. The fourth-order valence-electron chi connectivity index (χ4n) is 3.60. The van der Waals surface area contributed by atoms with Gasteiger partial charge in [0.25, 0.3) is 11.8 Å². The van der Waals surface area contributed by atoms with Crippen molar-refractivity contribution in [3.05, 3.63) is 131 Å². The SMILES string of the molecule is COc1ccccc1C(=O)CSc1ccc(NC(=O)/C(=C/c2ccc(F)cc2)NC(=O)c2ccccc2)cc1. The zero-order valence-electron chi connectivity index (χ0n) is 21.0. The summed E-state index contributed by atoms with van der Waals surface area (Å²) in [6, 6.07) is 28.2. The molecule has 0 atom stereocenters. The molecule has 0 heterocycles. The average Bonchev–Trinajstić information content (AvgIpc) is 2.97. The number of carbonyl (C=O) groups excluding carboxylic acids is 3. The molecule has 0 spiro atoms. The van der Waals surface area contributed by atoms with Gasteiger partial charge in [-0.1, -0.05) is 42.5 Å². The maximum Gasteiger partial charge on any atom is 0.272 e. The molecule has 0 aliphatic carbocycles. The molecular weight excluding hydrogens is 515 g/mol. The van der Waals surface area contributed by atoms with Gasteiger partial charge >= 0.3 is 0 Å². The third kappa shape index (κ3) is 7.66. The van der Waals surface area contributed by atoms with Crippen molar-refractivity contribution in [2.24, 2.45) is 0 Å². The van der Waals surface area contributed by atoms with Crippen LogP contribution in [0.1, 0.15) is 26.3 Å². The molecule has 0 aromatic heterocycles. The lowest BCUT2D eigenvalue weighted by Gasteiger charge is -2.12. The minimum absolute atomic E-state index is 0.00341. The van der Waals surface area contributed by atoms with E-state index in [0.29, 0.717) is 28.1 Å². The van der Waals surface area contributed by atoms with E-state index in [1.807, 2.05) is 6.07 Å². The lowest BCUT2D eigenvalue weighted by Crippen LogP contribution is -2.30. The average molecular weight is 541 g/mol. The van der Waals surface area contributed by atoms with Crippen LogP contribution in [0.5, 0.6) is 5.75 Å². The number of hydrogen-bond donors (Lipinski definition) is 2. The van der Waals surface area contributed by atoms with Crippen LogP contribution >= 0.6 is 11.8 Å². The summed E-state index contributed by atoms with van der Waals surface area (Å²) in [7, 11) is 1.53. The molecule has 39 heavy (non-hydrogen) atoms. The van der Waals surface area contributed by atoms with Gasteiger partial charge < -0.3 is 15.4 Å². The van der Waals surface area contributed by atoms with Crippen LogP contribution in [-0.4, -0.2) is 30.5 Å². The first-order valence-corrected chi connectivity index (χ1v) is 13.0. The third-order valence-corrected chi connectivity index (χ3v) is 6.61. The largest absolute Gasteiger partial charge is 0.496 e. The van der Waals surface area contributed by atoms with Crippen LogP contribution in [0.2, 0.25) is 0 Å². The van der Waals surface area contributed by atoms with Crippen molar-refractivity contribution in [2.75, 3.05) is 18.2 Å². The first kappa shape index (κ1) is 27.3. The number of methoxy groups -OCH3 is 1. The molecule has 8 heteroatoms. The Hall–Kier alpha value is -4.69. The molecule has 2 amide bonds. The normalized spacial score (nSPS) is 11.0. The van der Waals surface area contributed by atoms with Crippen molar-refractivity contribution >= 4 is 41.1 Å². The summed E-state index contributed by atoms with van der Waals surface area (Å²) in [5, 5.41) is 5.42. The van der Waals surface area contributed by atoms with Crippen LogP contribution in [0.25, 0.3) is 6.08 Å². The second kappa shape index (κ2) is 13.2. The number of amides is 2. The number of carbonyl (C=O) groups is 3. The molecule has 0 unspecified atom stereocenters. The highest BCUT2D eigenvalue weighted by atomic mass is 32.2. The van der Waals surface area contributed by atoms with E-state index in [1.165, 1.54) is 49.2 Å². The Balaban J connectivity index is 1.44. The fourth-order valence-corrected chi connectivity index (χ4v) is 4.38. The monoisotopic (exact) mass is 540 g/mol. The van der Waals surface area contributed by atoms with Gasteiger partial charge in [0.15, 0.2) is 5.78 Å². The Morgan fingerprint density at radius 1 is 0.846 bits per heavy atom. The minimum Gasteiger partial charge on any atom is -0.496 e. The Kier molecular flexibility index (Phi) is 9.26. The van der Waals surface area contributed by atoms with Crippen LogP contribution in [0.15, 0.2) is 114 Å². The van der Waals surface area contributed by atoms with E-state index in [9.17, 15) is 18.8 Å². The molecule has 0 radical (unpaired) electrons. The second-order valence-electron chi connectivity index (χ2n) is 8.32. The van der Waals surface area contributed by atoms with Gasteiger partial charge in [0.05, 0.1) is 18.4 Å². The van der Waals surface area contributed by atoms with Gasteiger partial charge in [-0.05, 0) is 72.3 Å². The molecule has 0 fully saturated rings. The number of Topliss-reactive ketones (excluding diaryl/α,β-unsaturated/α-hetero) is 1. The van der Waals surface area contributed by atoms with E-state index in [1.54, 1.807) is 72.8 Å². The van der Waals surface area contributed by atoms with Gasteiger partial charge in [-0.2, -0.15) is 0 Å². The second-order valence-corrected chi connectivity index (χ2v) is 9.37. The quantitative estimate of drug-likeness (QED) is 0.142. The zero-order valence-corrected chi connectivity index (χ0v) is 21.8. The van der Waals surface area contributed by atoms with E-state index in [4.69, 9.17) is 4.74 Å². The number of ketones is 1. The van der Waals surface area contributed by atoms with E-state index in [-0.39, 0.29) is 17.2 Å². The van der Waals surface area contributed by atoms with Crippen molar-refractivity contribution in [1.82, 2.24) is 5.32 Å². The first-order chi connectivity index (χ1) is 18.9. The molecule has 2 N–H and O–H groups in total. The fraction of sp³-hybridized carbons (Fsp3) is 0.0645. The molecule has 4 aromatic carbocycles. The summed E-state index contributed by atoms with van der Waals surface area (Å²) in [6.45, 7) is 0. The number of nitrogens with one attached hydrogen (secondary N) is 2. The number of halogens is 1. The van der Waals surface area contributed by atoms with E-state index in [2.05, 4.69) is 10.6 Å². The van der Waals surface area contributed by atoms with Crippen molar-refractivity contribution in [3.8, 4) is 5.75 Å². The molecule has 196 valence electrons. The van der Waals surface area contributed by atoms with Crippen LogP contribution in [0.4, 0.5) is 10.1 Å². The Morgan fingerprint density at radius 2 is 1.51 bits per heavy atom. The third-order valence-electron chi connectivity index (χ3n) is 5.60. The van der Waals surface area contributed by atoms with Crippen molar-refractivity contribution in [2.45, 2.75) is 4.90 Å². The highest BCUT2D eigenvalue weighted by Gasteiger charge is 2.16. The van der Waals surface area contributed by atoms with Gasteiger partial charge in [0.1, 0.15) is 17.3 Å². The Bertz CT molecular complexity index is 1490. The topological polar surface area (TPSA) is 84.5 Å². The van der Waals surface area contributed by atoms with Gasteiger partial charge in [-0.3, -0.25) is 14.4 Å². The summed E-state index contributed by atoms with van der Waals surface area (Å²) in [6.07, 6.45) is 1.48. The van der Waals surface area contributed by atoms with E-state index in [0.717, 1.165) is 4.90 Å². The first-order valence-electron chi connectivity index (χ1n) is 12.0. The zero-order chi connectivity index (χ0) is 27.6. The lowest BCUT2D eigenvalue weighted by molar-refractivity contribution is -0.113. The molecular formula is C31H25FN2O4S. The summed E-state index contributed by atoms with van der Waals surface area (Å²) in [5.74, 6) is -0.707. The van der Waals surface area contributed by atoms with Gasteiger partial charge in [0.2, 0.25) is 0 Å². The molecule has 4 rings (SSSR count). The maximum atomic E-state index is 13.4.